The number of hydrogen-bond donors (Lipinski definition) is 0. The molecule has 0 aromatic rings. The molecule has 0 radical (unpaired) electrons. The van der Waals surface area contributed by atoms with Gasteiger partial charge in [0.1, 0.15) is 5.60 Å². The lowest BCUT2D eigenvalue weighted by Gasteiger charge is -2.42. The summed E-state index contributed by atoms with van der Waals surface area (Å²) in [5, 5.41) is 0. The number of likely N-dealkylation sites (tertiary alicyclic amines) is 1. The highest BCUT2D eigenvalue weighted by Crippen LogP contribution is 2.32. The third-order valence-corrected chi connectivity index (χ3v) is 5.13. The Hall–Kier alpha value is -0.910. The van der Waals surface area contributed by atoms with Gasteiger partial charge in [-0.2, -0.15) is 0 Å². The molecule has 1 amide bonds. The van der Waals surface area contributed by atoms with Crippen LogP contribution in [0.5, 0.6) is 0 Å². The number of halogens is 2. The number of ether oxygens (including phenoxy) is 1. The topological polar surface area (TPSA) is 32.8 Å². The summed E-state index contributed by atoms with van der Waals surface area (Å²) >= 11 is 0. The molecule has 1 saturated heterocycles. The number of hydrogen-bond acceptors (Lipinski definition) is 3. The fourth-order valence-electron chi connectivity index (χ4n) is 3.77. The minimum atomic E-state index is -2.50. The van der Waals surface area contributed by atoms with E-state index in [1.165, 1.54) is 0 Å². The Kier molecular flexibility index (Phi) is 6.10. The highest BCUT2D eigenvalue weighted by molar-refractivity contribution is 5.68. The molecule has 4 nitrogen and oxygen atoms in total. The molecule has 140 valence electrons. The van der Waals surface area contributed by atoms with Crippen molar-refractivity contribution in [1.29, 1.82) is 0 Å². The number of piperidine rings is 1. The Bertz CT molecular complexity index is 427. The van der Waals surface area contributed by atoms with Crippen molar-refractivity contribution >= 4 is 6.09 Å². The molecule has 6 heteroatoms. The number of rotatable bonds is 3. The summed E-state index contributed by atoms with van der Waals surface area (Å²) in [6, 6.07) is 0.135. The monoisotopic (exact) mass is 346 g/mol. The van der Waals surface area contributed by atoms with Gasteiger partial charge < -0.3 is 14.5 Å². The molecule has 2 aliphatic rings. The third kappa shape index (κ3) is 5.57. The standard InChI is InChI=1S/C18H32F2N2O2/c1-17(2,3)24-16(23)21(4)15-8-6-5-7-14(15)13-22-11-9-18(19,20)10-12-22/h14-15H,5-13H2,1-4H3/t14-,15+/m0/s1. The normalized spacial score (nSPS) is 28.4. The molecule has 0 N–H and O–H groups in total. The molecule has 2 fully saturated rings. The van der Waals surface area contributed by atoms with Gasteiger partial charge in [0.15, 0.2) is 0 Å². The van der Waals surface area contributed by atoms with Gasteiger partial charge in [-0.1, -0.05) is 12.8 Å². The summed E-state index contributed by atoms with van der Waals surface area (Å²) in [7, 11) is 1.81. The zero-order valence-electron chi connectivity index (χ0n) is 15.5. The smallest absolute Gasteiger partial charge is 0.410 e. The number of carbonyl (C=O) groups is 1. The highest BCUT2D eigenvalue weighted by Gasteiger charge is 2.37. The lowest BCUT2D eigenvalue weighted by molar-refractivity contribution is -0.0605. The zero-order valence-corrected chi connectivity index (χ0v) is 15.5. The third-order valence-electron chi connectivity index (χ3n) is 5.13. The van der Waals surface area contributed by atoms with Gasteiger partial charge in [-0.25, -0.2) is 13.6 Å². The maximum Gasteiger partial charge on any atom is 0.410 e. The SMILES string of the molecule is CN(C(=O)OC(C)(C)C)[C@@H]1CCCC[C@H]1CN1CCC(F)(F)CC1. The molecule has 2 rings (SSSR count). The summed E-state index contributed by atoms with van der Waals surface area (Å²) in [5.41, 5.74) is -0.506. The van der Waals surface area contributed by atoms with Crippen molar-refractivity contribution in [3.63, 3.8) is 0 Å². The molecule has 2 atom stereocenters. The van der Waals surface area contributed by atoms with E-state index in [1.54, 1.807) is 11.9 Å². The Balaban J connectivity index is 1.93. The minimum Gasteiger partial charge on any atom is -0.444 e. The quantitative estimate of drug-likeness (QED) is 0.770. The summed E-state index contributed by atoms with van der Waals surface area (Å²) in [6.07, 6.45) is 3.87. The van der Waals surface area contributed by atoms with Gasteiger partial charge in [0.05, 0.1) is 0 Å². The largest absolute Gasteiger partial charge is 0.444 e. The number of nitrogens with zero attached hydrogens (tertiary/aromatic N) is 2. The maximum atomic E-state index is 13.3. The molecule has 0 bridgehead atoms. The van der Waals surface area contributed by atoms with Gasteiger partial charge in [0.25, 0.3) is 5.92 Å². The van der Waals surface area contributed by atoms with Crippen molar-refractivity contribution in [3.05, 3.63) is 0 Å². The van der Waals surface area contributed by atoms with Gasteiger partial charge >= 0.3 is 6.09 Å². The van der Waals surface area contributed by atoms with Crippen LogP contribution in [0, 0.1) is 5.92 Å². The number of carbonyl (C=O) groups excluding carboxylic acids is 1. The van der Waals surface area contributed by atoms with Crippen molar-refractivity contribution < 1.29 is 18.3 Å². The lowest BCUT2D eigenvalue weighted by Crippen LogP contribution is -2.50. The van der Waals surface area contributed by atoms with Gasteiger partial charge in [0.2, 0.25) is 0 Å². The fraction of sp³-hybridized carbons (Fsp3) is 0.944. The van der Waals surface area contributed by atoms with Crippen LogP contribution in [-0.4, -0.2) is 60.1 Å². The van der Waals surface area contributed by atoms with Gasteiger partial charge in [0, 0.05) is 45.6 Å². The summed E-state index contributed by atoms with van der Waals surface area (Å²) in [4.78, 5) is 16.2. The molecule has 1 heterocycles. The van der Waals surface area contributed by atoms with Crippen LogP contribution in [0.15, 0.2) is 0 Å². The van der Waals surface area contributed by atoms with E-state index >= 15 is 0 Å². The van der Waals surface area contributed by atoms with Crippen molar-refractivity contribution in [2.24, 2.45) is 5.92 Å². The van der Waals surface area contributed by atoms with Crippen LogP contribution >= 0.6 is 0 Å². The second kappa shape index (κ2) is 7.54. The average Bonchev–Trinajstić information content (AvgIpc) is 2.47. The van der Waals surface area contributed by atoms with Crippen LogP contribution in [-0.2, 0) is 4.74 Å². The van der Waals surface area contributed by atoms with Crippen LogP contribution in [0.4, 0.5) is 13.6 Å². The van der Waals surface area contributed by atoms with Crippen LogP contribution < -0.4 is 0 Å². The van der Waals surface area contributed by atoms with Crippen molar-refractivity contribution in [2.75, 3.05) is 26.7 Å². The molecular weight excluding hydrogens is 314 g/mol. The van der Waals surface area contributed by atoms with Crippen LogP contribution in [0.25, 0.3) is 0 Å². The first kappa shape index (κ1) is 19.4. The van der Waals surface area contributed by atoms with Crippen molar-refractivity contribution in [3.8, 4) is 0 Å². The molecule has 0 aromatic heterocycles. The lowest BCUT2D eigenvalue weighted by atomic mass is 9.83. The molecule has 0 spiro atoms. The maximum absolute atomic E-state index is 13.3. The first-order chi connectivity index (χ1) is 11.1. The van der Waals surface area contributed by atoms with E-state index in [0.717, 1.165) is 32.2 Å². The minimum absolute atomic E-state index is 0.0493. The van der Waals surface area contributed by atoms with Crippen molar-refractivity contribution in [1.82, 2.24) is 9.80 Å². The Morgan fingerprint density at radius 3 is 2.38 bits per heavy atom. The molecular formula is C18H32F2N2O2. The van der Waals surface area contributed by atoms with Gasteiger partial charge in [-0.15, -0.1) is 0 Å². The fourth-order valence-corrected chi connectivity index (χ4v) is 3.77. The summed E-state index contributed by atoms with van der Waals surface area (Å²) < 4.78 is 32.1. The summed E-state index contributed by atoms with van der Waals surface area (Å²) in [6.45, 7) is 7.30. The first-order valence-electron chi connectivity index (χ1n) is 9.13. The molecule has 1 aliphatic heterocycles. The molecule has 0 unspecified atom stereocenters. The van der Waals surface area contributed by atoms with E-state index in [-0.39, 0.29) is 25.0 Å². The highest BCUT2D eigenvalue weighted by atomic mass is 19.3. The predicted octanol–water partition coefficient (Wildman–Crippen LogP) is 4.14. The summed E-state index contributed by atoms with van der Waals surface area (Å²) in [5.74, 6) is -2.17. The van der Waals surface area contributed by atoms with Gasteiger partial charge in [-0.3, -0.25) is 0 Å². The Morgan fingerprint density at radius 1 is 1.21 bits per heavy atom. The van der Waals surface area contributed by atoms with E-state index < -0.39 is 11.5 Å². The molecule has 1 aliphatic carbocycles. The van der Waals surface area contributed by atoms with Gasteiger partial charge in [-0.05, 0) is 39.5 Å². The van der Waals surface area contributed by atoms with E-state index in [9.17, 15) is 13.6 Å². The molecule has 24 heavy (non-hydrogen) atoms. The van der Waals surface area contributed by atoms with Crippen molar-refractivity contribution in [2.45, 2.75) is 76.9 Å². The van der Waals surface area contributed by atoms with E-state index in [1.807, 2.05) is 20.8 Å². The van der Waals surface area contributed by atoms with E-state index in [4.69, 9.17) is 4.74 Å². The van der Waals surface area contributed by atoms with Crippen LogP contribution in [0.2, 0.25) is 0 Å². The van der Waals surface area contributed by atoms with E-state index in [0.29, 0.717) is 19.0 Å². The number of amides is 1. The Labute approximate surface area is 144 Å². The Morgan fingerprint density at radius 2 is 1.79 bits per heavy atom. The van der Waals surface area contributed by atoms with Crippen LogP contribution in [0.3, 0.4) is 0 Å². The molecule has 1 saturated carbocycles. The molecule has 0 aromatic carbocycles. The zero-order chi connectivity index (χ0) is 18.0. The second-order valence-electron chi connectivity index (χ2n) is 8.36. The second-order valence-corrected chi connectivity index (χ2v) is 8.36. The predicted molar refractivity (Wildman–Crippen MR) is 90.4 cm³/mol. The number of alkyl halides is 2. The van der Waals surface area contributed by atoms with E-state index in [2.05, 4.69) is 4.90 Å². The average molecular weight is 346 g/mol. The van der Waals surface area contributed by atoms with Crippen LogP contribution in [0.1, 0.15) is 59.3 Å². The first-order valence-corrected chi connectivity index (χ1v) is 9.13.